The summed E-state index contributed by atoms with van der Waals surface area (Å²) in [4.78, 5) is 6.96. The summed E-state index contributed by atoms with van der Waals surface area (Å²) < 4.78 is 7.28. The molecule has 0 spiro atoms. The standard InChI is InChI=1S/C25H28N6OS.ClH/c1-18-16-23(29-32-18)21-8-7-19-9-13-31(14-10-20(19)17-21)12-5-15-33-25-28-27-24(30(25)2)22-6-3-4-11-26-22;/h3-4,6-8,11,16-17H,5,9-10,12-15H2,1-2H3;1H. The molecule has 4 heterocycles. The third-order valence-electron chi connectivity index (χ3n) is 6.10. The molecule has 0 bridgehead atoms. The fourth-order valence-corrected chi connectivity index (χ4v) is 5.10. The Morgan fingerprint density at radius 2 is 1.85 bits per heavy atom. The minimum absolute atomic E-state index is 0. The molecule has 34 heavy (non-hydrogen) atoms. The zero-order chi connectivity index (χ0) is 22.6. The number of benzene rings is 1. The van der Waals surface area contributed by atoms with Gasteiger partial charge in [0.2, 0.25) is 0 Å². The van der Waals surface area contributed by atoms with Crippen LogP contribution in [0.15, 0.2) is 58.3 Å². The first kappa shape index (κ1) is 24.4. The van der Waals surface area contributed by atoms with Crippen molar-refractivity contribution in [2.24, 2.45) is 7.05 Å². The molecule has 0 radical (unpaired) electrons. The van der Waals surface area contributed by atoms with E-state index < -0.39 is 0 Å². The van der Waals surface area contributed by atoms with Crippen LogP contribution >= 0.6 is 24.2 Å². The average molecular weight is 497 g/mol. The summed E-state index contributed by atoms with van der Waals surface area (Å²) in [5.74, 6) is 2.68. The number of hydrogen-bond acceptors (Lipinski definition) is 7. The van der Waals surface area contributed by atoms with E-state index in [2.05, 4.69) is 43.4 Å². The molecule has 7 nitrogen and oxygen atoms in total. The van der Waals surface area contributed by atoms with E-state index in [0.29, 0.717) is 0 Å². The van der Waals surface area contributed by atoms with Crippen molar-refractivity contribution in [1.29, 1.82) is 0 Å². The molecule has 0 saturated heterocycles. The predicted molar refractivity (Wildman–Crippen MR) is 137 cm³/mol. The molecule has 0 amide bonds. The third-order valence-corrected chi connectivity index (χ3v) is 7.21. The summed E-state index contributed by atoms with van der Waals surface area (Å²) in [6.45, 7) is 5.22. The molecular formula is C25H29ClN6OS. The smallest absolute Gasteiger partial charge is 0.191 e. The van der Waals surface area contributed by atoms with Crippen LogP contribution in [0.25, 0.3) is 22.8 Å². The molecule has 4 aromatic rings. The van der Waals surface area contributed by atoms with E-state index in [4.69, 9.17) is 4.52 Å². The summed E-state index contributed by atoms with van der Waals surface area (Å²) in [7, 11) is 2.01. The quantitative estimate of drug-likeness (QED) is 0.267. The minimum atomic E-state index is 0. The highest BCUT2D eigenvalue weighted by Gasteiger charge is 2.16. The first-order valence-corrected chi connectivity index (χ1v) is 12.4. The second kappa shape index (κ2) is 11.2. The molecule has 0 N–H and O–H groups in total. The number of rotatable bonds is 7. The molecule has 0 fully saturated rings. The summed E-state index contributed by atoms with van der Waals surface area (Å²) in [6, 6.07) is 14.6. The number of fused-ring (bicyclic) bond motifs is 1. The van der Waals surface area contributed by atoms with Gasteiger partial charge in [0.05, 0.1) is 0 Å². The molecule has 1 aliphatic heterocycles. The molecule has 0 saturated carbocycles. The third kappa shape index (κ3) is 5.51. The van der Waals surface area contributed by atoms with Crippen LogP contribution in [-0.4, -0.2) is 55.2 Å². The molecule has 0 unspecified atom stereocenters. The van der Waals surface area contributed by atoms with Crippen LogP contribution in [0.4, 0.5) is 0 Å². The van der Waals surface area contributed by atoms with Gasteiger partial charge >= 0.3 is 0 Å². The highest BCUT2D eigenvalue weighted by molar-refractivity contribution is 7.99. The van der Waals surface area contributed by atoms with Gasteiger partial charge in [-0.3, -0.25) is 4.98 Å². The van der Waals surface area contributed by atoms with E-state index in [0.717, 1.165) is 78.3 Å². The van der Waals surface area contributed by atoms with Crippen molar-refractivity contribution in [2.45, 2.75) is 31.3 Å². The summed E-state index contributed by atoms with van der Waals surface area (Å²) >= 11 is 1.76. The summed E-state index contributed by atoms with van der Waals surface area (Å²) in [5, 5.41) is 13.8. The van der Waals surface area contributed by atoms with E-state index in [1.807, 2.05) is 42.8 Å². The minimum Gasteiger partial charge on any atom is -0.361 e. The van der Waals surface area contributed by atoms with Crippen LogP contribution in [0.5, 0.6) is 0 Å². The fourth-order valence-electron chi connectivity index (χ4n) is 4.27. The Morgan fingerprint density at radius 3 is 2.62 bits per heavy atom. The largest absolute Gasteiger partial charge is 0.361 e. The van der Waals surface area contributed by atoms with Crippen LogP contribution in [0, 0.1) is 6.92 Å². The van der Waals surface area contributed by atoms with Crippen LogP contribution in [0.2, 0.25) is 0 Å². The lowest BCUT2D eigenvalue weighted by molar-refractivity contribution is 0.289. The van der Waals surface area contributed by atoms with Crippen molar-refractivity contribution in [2.75, 3.05) is 25.4 Å². The van der Waals surface area contributed by atoms with Gasteiger partial charge in [-0.25, -0.2) is 0 Å². The highest BCUT2D eigenvalue weighted by atomic mass is 35.5. The normalized spacial score (nSPS) is 13.8. The van der Waals surface area contributed by atoms with Crippen molar-refractivity contribution in [3.05, 3.63) is 65.5 Å². The van der Waals surface area contributed by atoms with Crippen molar-refractivity contribution in [1.82, 2.24) is 29.8 Å². The number of aryl methyl sites for hydroxylation is 1. The maximum atomic E-state index is 5.25. The number of thioether (sulfide) groups is 1. The molecule has 3 aromatic heterocycles. The van der Waals surface area contributed by atoms with E-state index >= 15 is 0 Å². The molecule has 1 aliphatic rings. The molecule has 0 aliphatic carbocycles. The molecule has 5 rings (SSSR count). The molecule has 1 aromatic carbocycles. The molecule has 9 heteroatoms. The Kier molecular flexibility index (Phi) is 8.03. The van der Waals surface area contributed by atoms with E-state index in [-0.39, 0.29) is 12.4 Å². The Labute approximate surface area is 210 Å². The van der Waals surface area contributed by atoms with Gasteiger partial charge in [0, 0.05) is 43.7 Å². The van der Waals surface area contributed by atoms with Gasteiger partial charge < -0.3 is 14.0 Å². The Morgan fingerprint density at radius 1 is 1.00 bits per heavy atom. The van der Waals surface area contributed by atoms with Gasteiger partial charge in [-0.2, -0.15) is 0 Å². The Hall–Kier alpha value is -2.68. The number of aromatic nitrogens is 5. The lowest BCUT2D eigenvalue weighted by Gasteiger charge is -2.19. The van der Waals surface area contributed by atoms with Crippen molar-refractivity contribution in [3.8, 4) is 22.8 Å². The number of halogens is 1. The number of hydrogen-bond donors (Lipinski definition) is 0. The SMILES string of the molecule is Cc1cc(-c2ccc3c(c2)CCN(CCCSc2nnc(-c4ccccn4)n2C)CC3)no1.Cl. The van der Waals surface area contributed by atoms with E-state index in [1.165, 1.54) is 11.1 Å². The van der Waals surface area contributed by atoms with Crippen LogP contribution < -0.4 is 0 Å². The van der Waals surface area contributed by atoms with Crippen LogP contribution in [0.3, 0.4) is 0 Å². The monoisotopic (exact) mass is 496 g/mol. The summed E-state index contributed by atoms with van der Waals surface area (Å²) in [5.41, 5.74) is 5.81. The maximum absolute atomic E-state index is 5.25. The first-order valence-electron chi connectivity index (χ1n) is 11.4. The molecular weight excluding hydrogens is 468 g/mol. The van der Waals surface area contributed by atoms with Gasteiger partial charge in [-0.05, 0) is 62.1 Å². The second-order valence-corrected chi connectivity index (χ2v) is 9.49. The zero-order valence-corrected chi connectivity index (χ0v) is 21.1. The van der Waals surface area contributed by atoms with E-state index in [9.17, 15) is 0 Å². The zero-order valence-electron chi connectivity index (χ0n) is 19.5. The number of nitrogens with zero attached hydrogens (tertiary/aromatic N) is 6. The predicted octanol–water partition coefficient (Wildman–Crippen LogP) is 4.85. The maximum Gasteiger partial charge on any atom is 0.191 e. The van der Waals surface area contributed by atoms with Crippen LogP contribution in [0.1, 0.15) is 23.3 Å². The van der Waals surface area contributed by atoms with Crippen molar-refractivity contribution in [3.63, 3.8) is 0 Å². The van der Waals surface area contributed by atoms with Gasteiger partial charge in [-0.1, -0.05) is 35.1 Å². The van der Waals surface area contributed by atoms with Crippen molar-refractivity contribution >= 4 is 24.2 Å². The number of pyridine rings is 1. The van der Waals surface area contributed by atoms with Crippen LogP contribution in [-0.2, 0) is 19.9 Å². The van der Waals surface area contributed by atoms with Gasteiger partial charge in [0.25, 0.3) is 0 Å². The second-order valence-electron chi connectivity index (χ2n) is 8.43. The lowest BCUT2D eigenvalue weighted by Crippen LogP contribution is -2.27. The molecule has 178 valence electrons. The fraction of sp³-hybridized carbons (Fsp3) is 0.360. The highest BCUT2D eigenvalue weighted by Crippen LogP contribution is 2.25. The van der Waals surface area contributed by atoms with E-state index in [1.54, 1.807) is 18.0 Å². The Balaban J connectivity index is 0.00000274. The average Bonchev–Trinajstić information content (AvgIpc) is 3.37. The van der Waals surface area contributed by atoms with Crippen molar-refractivity contribution < 1.29 is 4.52 Å². The van der Waals surface area contributed by atoms with Gasteiger partial charge in [0.15, 0.2) is 11.0 Å². The topological polar surface area (TPSA) is 72.9 Å². The lowest BCUT2D eigenvalue weighted by atomic mass is 9.99. The summed E-state index contributed by atoms with van der Waals surface area (Å²) in [6.07, 6.45) is 5.07. The Bertz CT molecular complexity index is 1230. The molecule has 0 atom stereocenters. The first-order chi connectivity index (χ1) is 16.2. The van der Waals surface area contributed by atoms with Gasteiger partial charge in [0.1, 0.15) is 17.1 Å². The van der Waals surface area contributed by atoms with Gasteiger partial charge in [-0.15, -0.1) is 22.6 Å².